The van der Waals surface area contributed by atoms with Gasteiger partial charge >= 0.3 is 0 Å². The van der Waals surface area contributed by atoms with Crippen LogP contribution in [0.2, 0.25) is 0 Å². The van der Waals surface area contributed by atoms with Crippen LogP contribution in [-0.4, -0.2) is 29.8 Å². The van der Waals surface area contributed by atoms with Gasteiger partial charge < -0.3 is 14.6 Å². The third kappa shape index (κ3) is 3.29. The minimum atomic E-state index is -0.513. The number of nitrogens with one attached hydrogen (secondary N) is 1. The zero-order valence-corrected chi connectivity index (χ0v) is 12.3. The summed E-state index contributed by atoms with van der Waals surface area (Å²) in [4.78, 5) is 4.46. The van der Waals surface area contributed by atoms with E-state index < -0.39 is 5.60 Å². The van der Waals surface area contributed by atoms with Crippen LogP contribution in [0.4, 0.5) is 0 Å². The molecule has 0 saturated heterocycles. The molecule has 0 saturated carbocycles. The van der Waals surface area contributed by atoms with E-state index in [1.165, 1.54) is 0 Å². The quantitative estimate of drug-likeness (QED) is 0.811. The highest BCUT2D eigenvalue weighted by molar-refractivity contribution is 5.02. The first kappa shape index (κ1) is 15.1. The van der Waals surface area contributed by atoms with E-state index in [0.717, 1.165) is 13.0 Å². The molecule has 0 aliphatic rings. The van der Waals surface area contributed by atoms with Crippen LogP contribution in [0.25, 0.3) is 0 Å². The molecule has 1 heterocycles. The van der Waals surface area contributed by atoms with E-state index in [2.05, 4.69) is 36.2 Å². The Labute approximate surface area is 109 Å². The summed E-state index contributed by atoms with van der Waals surface area (Å²) in [6.07, 6.45) is 1.03. The van der Waals surface area contributed by atoms with Crippen LogP contribution in [0.1, 0.15) is 58.7 Å². The molecule has 2 atom stereocenters. The summed E-state index contributed by atoms with van der Waals surface area (Å²) in [7, 11) is 1.65. The van der Waals surface area contributed by atoms with Crippen molar-refractivity contribution in [3.05, 3.63) is 11.7 Å². The SMILES string of the molecule is CCNC(CC)C(C)c1nc(C(C)(C)OC)no1. The number of rotatable bonds is 7. The molecule has 0 fully saturated rings. The molecule has 1 N–H and O–H groups in total. The lowest BCUT2D eigenvalue weighted by atomic mass is 9.99. The fraction of sp³-hybridized carbons (Fsp3) is 0.846. The van der Waals surface area contributed by atoms with Crippen molar-refractivity contribution in [3.8, 4) is 0 Å². The Hall–Kier alpha value is -0.940. The Kier molecular flexibility index (Phi) is 5.28. The van der Waals surface area contributed by atoms with Gasteiger partial charge in [-0.3, -0.25) is 0 Å². The van der Waals surface area contributed by atoms with Gasteiger partial charge in [-0.2, -0.15) is 4.98 Å². The number of hydrogen-bond acceptors (Lipinski definition) is 5. The Bertz CT molecular complexity index is 363. The minimum Gasteiger partial charge on any atom is -0.371 e. The molecular formula is C13H25N3O2. The standard InChI is InChI=1S/C13H25N3O2/c1-7-10(14-8-2)9(3)11-15-12(16-18-11)13(4,5)17-6/h9-10,14H,7-8H2,1-6H3. The summed E-state index contributed by atoms with van der Waals surface area (Å²) in [5.74, 6) is 1.46. The number of methoxy groups -OCH3 is 1. The summed E-state index contributed by atoms with van der Waals surface area (Å²) < 4.78 is 10.7. The first-order valence-electron chi connectivity index (χ1n) is 6.58. The molecule has 2 unspecified atom stereocenters. The van der Waals surface area contributed by atoms with Crippen LogP contribution in [0.15, 0.2) is 4.52 Å². The molecule has 0 bridgehead atoms. The summed E-state index contributed by atoms with van der Waals surface area (Å²) in [5, 5.41) is 7.45. The average Bonchev–Trinajstić information content (AvgIpc) is 2.85. The molecule has 0 aromatic carbocycles. The van der Waals surface area contributed by atoms with Gasteiger partial charge in [0.15, 0.2) is 0 Å². The Balaban J connectivity index is 2.84. The topological polar surface area (TPSA) is 60.2 Å². The van der Waals surface area contributed by atoms with Crippen molar-refractivity contribution in [1.82, 2.24) is 15.5 Å². The molecule has 5 heteroatoms. The normalized spacial score (nSPS) is 15.7. The van der Waals surface area contributed by atoms with Gasteiger partial charge in [-0.1, -0.05) is 25.9 Å². The molecule has 104 valence electrons. The van der Waals surface area contributed by atoms with E-state index in [1.54, 1.807) is 7.11 Å². The summed E-state index contributed by atoms with van der Waals surface area (Å²) >= 11 is 0. The van der Waals surface area contributed by atoms with E-state index in [9.17, 15) is 0 Å². The third-order valence-corrected chi connectivity index (χ3v) is 3.39. The maximum absolute atomic E-state index is 5.36. The second-order valence-electron chi connectivity index (χ2n) is 5.03. The minimum absolute atomic E-state index is 0.198. The zero-order chi connectivity index (χ0) is 13.8. The van der Waals surface area contributed by atoms with Crippen molar-refractivity contribution in [2.45, 2.75) is 58.6 Å². The van der Waals surface area contributed by atoms with Crippen molar-refractivity contribution >= 4 is 0 Å². The van der Waals surface area contributed by atoms with Crippen molar-refractivity contribution < 1.29 is 9.26 Å². The highest BCUT2D eigenvalue weighted by Gasteiger charge is 2.29. The second-order valence-corrected chi connectivity index (χ2v) is 5.03. The predicted octanol–water partition coefficient (Wildman–Crippen LogP) is 2.44. The van der Waals surface area contributed by atoms with E-state index >= 15 is 0 Å². The molecular weight excluding hydrogens is 230 g/mol. The monoisotopic (exact) mass is 255 g/mol. The molecule has 1 aromatic heterocycles. The number of nitrogens with zero attached hydrogens (tertiary/aromatic N) is 2. The number of aromatic nitrogens is 2. The van der Waals surface area contributed by atoms with Crippen LogP contribution in [0.3, 0.4) is 0 Å². The fourth-order valence-corrected chi connectivity index (χ4v) is 1.86. The Morgan fingerprint density at radius 1 is 1.39 bits per heavy atom. The van der Waals surface area contributed by atoms with Crippen molar-refractivity contribution in [2.75, 3.05) is 13.7 Å². The fourth-order valence-electron chi connectivity index (χ4n) is 1.86. The second kappa shape index (κ2) is 6.29. The first-order valence-corrected chi connectivity index (χ1v) is 6.58. The van der Waals surface area contributed by atoms with Gasteiger partial charge in [0.2, 0.25) is 11.7 Å². The smallest absolute Gasteiger partial charge is 0.231 e. The number of ether oxygens (including phenoxy) is 1. The summed E-state index contributed by atoms with van der Waals surface area (Å²) in [6, 6.07) is 0.356. The van der Waals surface area contributed by atoms with Gasteiger partial charge in [0.05, 0.1) is 5.92 Å². The van der Waals surface area contributed by atoms with Crippen LogP contribution in [0.5, 0.6) is 0 Å². The Morgan fingerprint density at radius 3 is 2.56 bits per heavy atom. The molecule has 5 nitrogen and oxygen atoms in total. The van der Waals surface area contributed by atoms with E-state index in [4.69, 9.17) is 9.26 Å². The maximum Gasteiger partial charge on any atom is 0.231 e. The molecule has 0 aliphatic carbocycles. The van der Waals surface area contributed by atoms with Gasteiger partial charge in [0, 0.05) is 13.2 Å². The lowest BCUT2D eigenvalue weighted by Crippen LogP contribution is -2.33. The van der Waals surface area contributed by atoms with E-state index in [-0.39, 0.29) is 5.92 Å². The largest absolute Gasteiger partial charge is 0.371 e. The maximum atomic E-state index is 5.36. The summed E-state index contributed by atoms with van der Waals surface area (Å²) in [6.45, 7) is 11.1. The van der Waals surface area contributed by atoms with Gasteiger partial charge in [-0.05, 0) is 26.8 Å². The molecule has 0 amide bonds. The molecule has 0 aliphatic heterocycles. The third-order valence-electron chi connectivity index (χ3n) is 3.39. The highest BCUT2D eigenvalue weighted by atomic mass is 16.5. The molecule has 0 spiro atoms. The summed E-state index contributed by atoms with van der Waals surface area (Å²) in [5.41, 5.74) is -0.513. The Morgan fingerprint density at radius 2 is 2.06 bits per heavy atom. The lowest BCUT2D eigenvalue weighted by molar-refractivity contribution is 0.00973. The van der Waals surface area contributed by atoms with Crippen LogP contribution < -0.4 is 5.32 Å². The lowest BCUT2D eigenvalue weighted by Gasteiger charge is -2.20. The van der Waals surface area contributed by atoms with E-state index in [1.807, 2.05) is 13.8 Å². The van der Waals surface area contributed by atoms with Crippen molar-refractivity contribution in [1.29, 1.82) is 0 Å². The van der Waals surface area contributed by atoms with Crippen LogP contribution in [0, 0.1) is 0 Å². The van der Waals surface area contributed by atoms with Gasteiger partial charge in [-0.15, -0.1) is 0 Å². The molecule has 18 heavy (non-hydrogen) atoms. The average molecular weight is 255 g/mol. The number of likely N-dealkylation sites (N-methyl/N-ethyl adjacent to an activating group) is 1. The van der Waals surface area contributed by atoms with Crippen molar-refractivity contribution in [3.63, 3.8) is 0 Å². The zero-order valence-electron chi connectivity index (χ0n) is 12.3. The van der Waals surface area contributed by atoms with Crippen LogP contribution in [-0.2, 0) is 10.3 Å². The highest BCUT2D eigenvalue weighted by Crippen LogP contribution is 2.25. The van der Waals surface area contributed by atoms with Crippen molar-refractivity contribution in [2.24, 2.45) is 0 Å². The first-order chi connectivity index (χ1) is 8.46. The predicted molar refractivity (Wildman–Crippen MR) is 70.5 cm³/mol. The van der Waals surface area contributed by atoms with Gasteiger partial charge in [-0.25, -0.2) is 0 Å². The van der Waals surface area contributed by atoms with Crippen LogP contribution >= 0.6 is 0 Å². The molecule has 0 radical (unpaired) electrons. The van der Waals surface area contributed by atoms with Gasteiger partial charge in [0.25, 0.3) is 0 Å². The molecule has 1 rings (SSSR count). The molecule has 1 aromatic rings. The number of hydrogen-bond donors (Lipinski definition) is 1. The van der Waals surface area contributed by atoms with E-state index in [0.29, 0.717) is 17.8 Å². The van der Waals surface area contributed by atoms with Gasteiger partial charge in [0.1, 0.15) is 5.60 Å².